The fourth-order valence-corrected chi connectivity index (χ4v) is 3.40. The van der Waals surface area contributed by atoms with E-state index in [1.54, 1.807) is 0 Å². The largest absolute Gasteiger partial charge is 0.381 e. The molecule has 2 N–H and O–H groups in total. The van der Waals surface area contributed by atoms with Crippen LogP contribution in [0.15, 0.2) is 18.2 Å². The minimum absolute atomic E-state index is 0.117. The number of fused-ring (bicyclic) bond motifs is 2. The first-order chi connectivity index (χ1) is 8.20. The number of hydrogen-bond donors (Lipinski definition) is 1. The summed E-state index contributed by atoms with van der Waals surface area (Å²) in [6, 6.07) is 7.08. The first-order valence-corrected chi connectivity index (χ1v) is 6.36. The minimum atomic E-state index is 0.117. The molecular formula is C14H20N2O. The maximum absolute atomic E-state index is 6.43. The van der Waals surface area contributed by atoms with Gasteiger partial charge in [-0.05, 0) is 24.5 Å². The molecule has 1 saturated heterocycles. The van der Waals surface area contributed by atoms with E-state index >= 15 is 0 Å². The van der Waals surface area contributed by atoms with Crippen LogP contribution >= 0.6 is 0 Å². The summed E-state index contributed by atoms with van der Waals surface area (Å²) in [5, 5.41) is 0. The lowest BCUT2D eigenvalue weighted by molar-refractivity contribution is 0.0272. The molecular weight excluding hydrogens is 212 g/mol. The van der Waals surface area contributed by atoms with Crippen LogP contribution in [0.2, 0.25) is 0 Å². The fraction of sp³-hybridized carbons (Fsp3) is 0.571. The van der Waals surface area contributed by atoms with E-state index in [9.17, 15) is 0 Å². The van der Waals surface area contributed by atoms with E-state index in [0.717, 1.165) is 19.6 Å². The van der Waals surface area contributed by atoms with E-state index in [2.05, 4.69) is 37.1 Å². The van der Waals surface area contributed by atoms with Crippen LogP contribution < -0.4 is 10.6 Å². The molecule has 3 atom stereocenters. The Kier molecular flexibility index (Phi) is 2.60. The van der Waals surface area contributed by atoms with Crippen LogP contribution in [0.4, 0.5) is 5.69 Å². The smallest absolute Gasteiger partial charge is 0.0532 e. The number of benzene rings is 1. The summed E-state index contributed by atoms with van der Waals surface area (Å²) >= 11 is 0. The van der Waals surface area contributed by atoms with Gasteiger partial charge in [-0.2, -0.15) is 0 Å². The average molecular weight is 232 g/mol. The molecule has 3 heteroatoms. The van der Waals surface area contributed by atoms with E-state index in [1.165, 1.54) is 16.8 Å². The van der Waals surface area contributed by atoms with Crippen LogP contribution in [0.1, 0.15) is 23.6 Å². The Morgan fingerprint density at radius 1 is 1.41 bits per heavy atom. The van der Waals surface area contributed by atoms with Crippen LogP contribution in [0.25, 0.3) is 0 Å². The van der Waals surface area contributed by atoms with Crippen molar-refractivity contribution < 1.29 is 4.74 Å². The first kappa shape index (κ1) is 11.1. The lowest BCUT2D eigenvalue weighted by atomic mass is 9.79. The number of rotatable bonds is 0. The number of nitrogens with two attached hydrogens (primary N) is 1. The van der Waals surface area contributed by atoms with Gasteiger partial charge in [0.1, 0.15) is 0 Å². The third-order valence-electron chi connectivity index (χ3n) is 4.30. The van der Waals surface area contributed by atoms with Gasteiger partial charge in [-0.1, -0.05) is 18.2 Å². The molecule has 92 valence electrons. The third kappa shape index (κ3) is 1.57. The molecule has 0 spiro atoms. The van der Waals surface area contributed by atoms with Crippen LogP contribution in [0.3, 0.4) is 0 Å². The van der Waals surface area contributed by atoms with Gasteiger partial charge < -0.3 is 15.4 Å². The summed E-state index contributed by atoms with van der Waals surface area (Å²) < 4.78 is 5.60. The normalized spacial score (nSPS) is 31.9. The van der Waals surface area contributed by atoms with Gasteiger partial charge in [-0.15, -0.1) is 0 Å². The lowest BCUT2D eigenvalue weighted by Crippen LogP contribution is -2.52. The molecule has 2 aliphatic rings. The quantitative estimate of drug-likeness (QED) is 0.742. The third-order valence-corrected chi connectivity index (χ3v) is 4.30. The molecule has 0 radical (unpaired) electrons. The molecule has 3 unspecified atom stereocenters. The van der Waals surface area contributed by atoms with Crippen molar-refractivity contribution in [1.29, 1.82) is 0 Å². The highest BCUT2D eigenvalue weighted by Crippen LogP contribution is 2.42. The van der Waals surface area contributed by atoms with Crippen molar-refractivity contribution in [2.45, 2.75) is 25.4 Å². The predicted octanol–water partition coefficient (Wildman–Crippen LogP) is 1.85. The molecule has 0 aromatic heterocycles. The molecule has 17 heavy (non-hydrogen) atoms. The van der Waals surface area contributed by atoms with Crippen molar-refractivity contribution in [1.82, 2.24) is 0 Å². The standard InChI is InChI=1S/C14H20N2O/c1-9-4-3-5-10-13(15)11-8-17-7-6-12(11)16(2)14(9)10/h3-5,11-13H,6-8,15H2,1-2H3. The van der Waals surface area contributed by atoms with Gasteiger partial charge in [0, 0.05) is 37.3 Å². The Morgan fingerprint density at radius 2 is 2.24 bits per heavy atom. The van der Waals surface area contributed by atoms with Crippen LogP contribution in [0, 0.1) is 12.8 Å². The monoisotopic (exact) mass is 232 g/mol. The number of hydrogen-bond acceptors (Lipinski definition) is 3. The average Bonchev–Trinajstić information content (AvgIpc) is 2.36. The Balaban J connectivity index is 2.10. The van der Waals surface area contributed by atoms with Gasteiger partial charge in [0.2, 0.25) is 0 Å². The van der Waals surface area contributed by atoms with Crippen molar-refractivity contribution in [2.75, 3.05) is 25.2 Å². The van der Waals surface area contributed by atoms with Crippen molar-refractivity contribution in [3.63, 3.8) is 0 Å². The summed E-state index contributed by atoms with van der Waals surface area (Å²) in [6.45, 7) is 3.82. The molecule has 3 rings (SSSR count). The molecule has 0 saturated carbocycles. The Bertz CT molecular complexity index is 432. The second-order valence-electron chi connectivity index (χ2n) is 5.24. The highest BCUT2D eigenvalue weighted by molar-refractivity contribution is 5.63. The zero-order valence-electron chi connectivity index (χ0n) is 10.5. The number of para-hydroxylation sites is 1. The summed E-state index contributed by atoms with van der Waals surface area (Å²) in [4.78, 5) is 2.42. The molecule has 1 aromatic rings. The Labute approximate surface area is 103 Å². The van der Waals surface area contributed by atoms with Gasteiger partial charge in [0.15, 0.2) is 0 Å². The molecule has 0 bridgehead atoms. The summed E-state index contributed by atoms with van der Waals surface area (Å²) in [5.41, 5.74) is 10.4. The lowest BCUT2D eigenvalue weighted by Gasteiger charge is -2.47. The molecule has 2 aliphatic heterocycles. The highest BCUT2D eigenvalue weighted by Gasteiger charge is 2.40. The minimum Gasteiger partial charge on any atom is -0.381 e. The Morgan fingerprint density at radius 3 is 3.06 bits per heavy atom. The van der Waals surface area contributed by atoms with Crippen LogP contribution in [-0.2, 0) is 4.74 Å². The number of nitrogens with zero attached hydrogens (tertiary/aromatic N) is 1. The van der Waals surface area contributed by atoms with Crippen molar-refractivity contribution >= 4 is 5.69 Å². The maximum atomic E-state index is 6.43. The highest BCUT2D eigenvalue weighted by atomic mass is 16.5. The van der Waals surface area contributed by atoms with E-state index < -0.39 is 0 Å². The SMILES string of the molecule is Cc1cccc2c1N(C)C1CCOCC1C2N. The zero-order chi connectivity index (χ0) is 12.0. The van der Waals surface area contributed by atoms with Crippen molar-refractivity contribution in [3.8, 4) is 0 Å². The predicted molar refractivity (Wildman–Crippen MR) is 69.2 cm³/mol. The first-order valence-electron chi connectivity index (χ1n) is 6.36. The topological polar surface area (TPSA) is 38.5 Å². The molecule has 1 fully saturated rings. The van der Waals surface area contributed by atoms with E-state index in [4.69, 9.17) is 10.5 Å². The molecule has 1 aromatic carbocycles. The molecule has 0 aliphatic carbocycles. The number of anilines is 1. The van der Waals surface area contributed by atoms with E-state index in [-0.39, 0.29) is 6.04 Å². The van der Waals surface area contributed by atoms with E-state index in [0.29, 0.717) is 12.0 Å². The van der Waals surface area contributed by atoms with Crippen molar-refractivity contribution in [3.05, 3.63) is 29.3 Å². The van der Waals surface area contributed by atoms with Gasteiger partial charge in [0.05, 0.1) is 6.61 Å². The second-order valence-corrected chi connectivity index (χ2v) is 5.24. The van der Waals surface area contributed by atoms with Gasteiger partial charge in [0.25, 0.3) is 0 Å². The second kappa shape index (κ2) is 4.00. The van der Waals surface area contributed by atoms with Crippen molar-refractivity contribution in [2.24, 2.45) is 11.7 Å². The number of ether oxygens (including phenoxy) is 1. The summed E-state index contributed by atoms with van der Waals surface area (Å²) in [5.74, 6) is 0.433. The van der Waals surface area contributed by atoms with Gasteiger partial charge >= 0.3 is 0 Å². The van der Waals surface area contributed by atoms with Gasteiger partial charge in [-0.3, -0.25) is 0 Å². The summed E-state index contributed by atoms with van der Waals surface area (Å²) in [6.07, 6.45) is 1.09. The summed E-state index contributed by atoms with van der Waals surface area (Å²) in [7, 11) is 2.20. The van der Waals surface area contributed by atoms with Crippen LogP contribution in [0.5, 0.6) is 0 Å². The molecule has 2 heterocycles. The van der Waals surface area contributed by atoms with Crippen LogP contribution in [-0.4, -0.2) is 26.3 Å². The van der Waals surface area contributed by atoms with Gasteiger partial charge in [-0.25, -0.2) is 0 Å². The van der Waals surface area contributed by atoms with E-state index in [1.807, 2.05) is 0 Å². The number of aryl methyl sites for hydroxylation is 1. The fourth-order valence-electron chi connectivity index (χ4n) is 3.40. The molecule has 3 nitrogen and oxygen atoms in total. The zero-order valence-corrected chi connectivity index (χ0v) is 10.5. The molecule has 0 amide bonds. The Hall–Kier alpha value is -1.06. The maximum Gasteiger partial charge on any atom is 0.0532 e.